The summed E-state index contributed by atoms with van der Waals surface area (Å²) in [6.45, 7) is 2.63. The van der Waals surface area contributed by atoms with E-state index < -0.39 is 0 Å². The lowest BCUT2D eigenvalue weighted by molar-refractivity contribution is 0.572. The second-order valence-electron chi connectivity index (χ2n) is 4.63. The van der Waals surface area contributed by atoms with Gasteiger partial charge in [-0.2, -0.15) is 0 Å². The van der Waals surface area contributed by atoms with Gasteiger partial charge in [-0.05, 0) is 25.5 Å². The van der Waals surface area contributed by atoms with Crippen LogP contribution in [0.2, 0.25) is 10.2 Å². The van der Waals surface area contributed by atoms with Gasteiger partial charge in [0.05, 0.1) is 5.02 Å². The largest absolute Gasteiger partial charge is 0.460 e. The van der Waals surface area contributed by atoms with Gasteiger partial charge in [0.15, 0.2) is 5.58 Å². The molecule has 0 aliphatic rings. The van der Waals surface area contributed by atoms with E-state index >= 15 is 0 Å². The summed E-state index contributed by atoms with van der Waals surface area (Å²) in [4.78, 5) is 8.20. The number of hydrogen-bond donors (Lipinski definition) is 1. The van der Waals surface area contributed by atoms with E-state index in [1.54, 1.807) is 12.3 Å². The Morgan fingerprint density at radius 3 is 2.90 bits per heavy atom. The molecule has 108 valence electrons. The van der Waals surface area contributed by atoms with E-state index in [0.717, 1.165) is 28.7 Å². The Bertz CT molecular complexity index is 786. The number of benzene rings is 1. The normalized spacial score (nSPS) is 11.0. The molecule has 0 bridgehead atoms. The molecule has 1 aromatic carbocycles. The maximum atomic E-state index is 6.15. The first-order valence-corrected chi connectivity index (χ1v) is 7.29. The molecule has 0 unspecified atom stereocenters. The zero-order chi connectivity index (χ0) is 14.8. The van der Waals surface area contributed by atoms with E-state index in [1.807, 2.05) is 25.1 Å². The highest BCUT2D eigenvalue weighted by atomic mass is 35.5. The van der Waals surface area contributed by atoms with Crippen LogP contribution in [-0.4, -0.2) is 16.5 Å². The fourth-order valence-electron chi connectivity index (χ4n) is 2.29. The second kappa shape index (κ2) is 5.92. The Kier molecular flexibility index (Phi) is 3.99. The Hall–Kier alpha value is -1.78. The highest BCUT2D eigenvalue weighted by Crippen LogP contribution is 2.31. The number of hydrogen-bond acceptors (Lipinski definition) is 4. The van der Waals surface area contributed by atoms with Crippen molar-refractivity contribution in [2.75, 3.05) is 11.9 Å². The molecule has 0 saturated carbocycles. The van der Waals surface area contributed by atoms with Crippen molar-refractivity contribution >= 4 is 40.1 Å². The van der Waals surface area contributed by atoms with Gasteiger partial charge in [-0.25, -0.2) is 9.97 Å². The number of nitrogens with zero attached hydrogens (tertiary/aromatic N) is 2. The summed E-state index contributed by atoms with van der Waals surface area (Å²) in [5.41, 5.74) is 1.88. The van der Waals surface area contributed by atoms with Gasteiger partial charge >= 0.3 is 0 Å². The minimum Gasteiger partial charge on any atom is -0.460 e. The van der Waals surface area contributed by atoms with Crippen LogP contribution >= 0.6 is 23.2 Å². The highest BCUT2D eigenvalue weighted by Gasteiger charge is 2.12. The first kappa shape index (κ1) is 14.2. The van der Waals surface area contributed by atoms with Crippen LogP contribution in [0.5, 0.6) is 0 Å². The van der Waals surface area contributed by atoms with Gasteiger partial charge in [0.1, 0.15) is 10.9 Å². The fourth-order valence-corrected chi connectivity index (χ4v) is 2.64. The Morgan fingerprint density at radius 2 is 2.10 bits per heavy atom. The molecule has 2 aromatic heterocycles. The van der Waals surface area contributed by atoms with Crippen LogP contribution in [0.1, 0.15) is 11.3 Å². The van der Waals surface area contributed by atoms with Gasteiger partial charge in [0.2, 0.25) is 5.95 Å². The van der Waals surface area contributed by atoms with E-state index in [1.165, 1.54) is 0 Å². The predicted octanol–water partition coefficient (Wildman–Crippen LogP) is 4.49. The molecule has 3 rings (SSSR count). The third-order valence-electron chi connectivity index (χ3n) is 3.25. The Balaban J connectivity index is 1.76. The van der Waals surface area contributed by atoms with E-state index in [0.29, 0.717) is 22.7 Å². The van der Waals surface area contributed by atoms with E-state index in [4.69, 9.17) is 27.6 Å². The molecule has 0 spiro atoms. The average Bonchev–Trinajstić information content (AvgIpc) is 2.77. The van der Waals surface area contributed by atoms with Gasteiger partial charge < -0.3 is 9.73 Å². The summed E-state index contributed by atoms with van der Waals surface area (Å²) < 4.78 is 5.74. The minimum atomic E-state index is 0.421. The summed E-state index contributed by atoms with van der Waals surface area (Å²) in [7, 11) is 0. The van der Waals surface area contributed by atoms with Crippen molar-refractivity contribution in [3.8, 4) is 0 Å². The maximum Gasteiger partial charge on any atom is 0.224 e. The molecule has 6 heteroatoms. The van der Waals surface area contributed by atoms with Gasteiger partial charge in [0.25, 0.3) is 0 Å². The quantitative estimate of drug-likeness (QED) is 0.719. The lowest BCUT2D eigenvalue weighted by Gasteiger charge is -2.04. The molecule has 21 heavy (non-hydrogen) atoms. The van der Waals surface area contributed by atoms with Gasteiger partial charge in [-0.3, -0.25) is 0 Å². The number of aromatic nitrogens is 2. The lowest BCUT2D eigenvalue weighted by atomic mass is 10.1. The van der Waals surface area contributed by atoms with Crippen LogP contribution in [0.4, 0.5) is 5.95 Å². The van der Waals surface area contributed by atoms with Crippen LogP contribution in [0.3, 0.4) is 0 Å². The fraction of sp³-hybridized carbons (Fsp3) is 0.200. The maximum absolute atomic E-state index is 6.15. The number of nitrogens with one attached hydrogen (secondary N) is 1. The number of anilines is 1. The zero-order valence-electron chi connectivity index (χ0n) is 11.4. The van der Waals surface area contributed by atoms with E-state index in [2.05, 4.69) is 15.3 Å². The third kappa shape index (κ3) is 2.96. The molecular weight excluding hydrogens is 309 g/mol. The molecule has 0 aliphatic heterocycles. The number of furan rings is 1. The SMILES string of the molecule is Cc1oc2c(Cl)cccc2c1CCNc1nccc(Cl)n1. The summed E-state index contributed by atoms with van der Waals surface area (Å²) in [5.74, 6) is 1.40. The van der Waals surface area contributed by atoms with Gasteiger partial charge in [-0.15, -0.1) is 0 Å². The number of halogens is 2. The molecule has 0 radical (unpaired) electrons. The van der Waals surface area contributed by atoms with Gasteiger partial charge in [-0.1, -0.05) is 35.3 Å². The molecule has 0 saturated heterocycles. The van der Waals surface area contributed by atoms with Crippen molar-refractivity contribution in [1.29, 1.82) is 0 Å². The molecule has 1 N–H and O–H groups in total. The monoisotopic (exact) mass is 321 g/mol. The molecule has 2 heterocycles. The molecule has 3 aromatic rings. The second-order valence-corrected chi connectivity index (χ2v) is 5.43. The highest BCUT2D eigenvalue weighted by molar-refractivity contribution is 6.34. The van der Waals surface area contributed by atoms with Crippen LogP contribution < -0.4 is 5.32 Å². The van der Waals surface area contributed by atoms with Crippen molar-refractivity contribution in [2.24, 2.45) is 0 Å². The first-order chi connectivity index (χ1) is 10.1. The Labute approximate surface area is 132 Å². The van der Waals surface area contributed by atoms with Crippen molar-refractivity contribution < 1.29 is 4.42 Å². The van der Waals surface area contributed by atoms with Gasteiger partial charge in [0, 0.05) is 23.7 Å². The molecular formula is C15H13Cl2N3O. The lowest BCUT2D eigenvalue weighted by Crippen LogP contribution is -2.08. The number of rotatable bonds is 4. The predicted molar refractivity (Wildman–Crippen MR) is 85.2 cm³/mol. The molecule has 0 amide bonds. The Morgan fingerprint density at radius 1 is 1.24 bits per heavy atom. The topological polar surface area (TPSA) is 51.0 Å². The zero-order valence-corrected chi connectivity index (χ0v) is 12.9. The van der Waals surface area contributed by atoms with Crippen LogP contribution in [0.25, 0.3) is 11.0 Å². The van der Waals surface area contributed by atoms with E-state index in [9.17, 15) is 0 Å². The molecule has 4 nitrogen and oxygen atoms in total. The van der Waals surface area contributed by atoms with Crippen LogP contribution in [0.15, 0.2) is 34.9 Å². The van der Waals surface area contributed by atoms with Crippen LogP contribution in [0, 0.1) is 6.92 Å². The molecule has 0 atom stereocenters. The van der Waals surface area contributed by atoms with Crippen LogP contribution in [-0.2, 0) is 6.42 Å². The summed E-state index contributed by atoms with van der Waals surface area (Å²) in [6.07, 6.45) is 2.41. The standard InChI is InChI=1S/C15H13Cl2N3O/c1-9-10(11-3-2-4-12(16)14(11)21-9)5-7-18-15-19-8-6-13(17)20-15/h2-4,6,8H,5,7H2,1H3,(H,18,19,20). The molecule has 0 aliphatic carbocycles. The summed E-state index contributed by atoms with van der Waals surface area (Å²) in [6, 6.07) is 7.41. The van der Waals surface area contributed by atoms with Crippen molar-refractivity contribution in [3.63, 3.8) is 0 Å². The summed E-state index contributed by atoms with van der Waals surface area (Å²) >= 11 is 12.0. The molecule has 0 fully saturated rings. The number of aryl methyl sites for hydroxylation is 1. The number of fused-ring (bicyclic) bond motifs is 1. The first-order valence-electron chi connectivity index (χ1n) is 6.54. The third-order valence-corrected chi connectivity index (χ3v) is 3.76. The summed E-state index contributed by atoms with van der Waals surface area (Å²) in [5, 5.41) is 5.25. The van der Waals surface area contributed by atoms with E-state index in [-0.39, 0.29) is 0 Å². The van der Waals surface area contributed by atoms with Crippen molar-refractivity contribution in [3.05, 3.63) is 52.0 Å². The smallest absolute Gasteiger partial charge is 0.224 e. The minimum absolute atomic E-state index is 0.421. The van der Waals surface area contributed by atoms with Crippen molar-refractivity contribution in [2.45, 2.75) is 13.3 Å². The van der Waals surface area contributed by atoms with Crippen molar-refractivity contribution in [1.82, 2.24) is 9.97 Å². The number of para-hydroxylation sites is 1. The average molecular weight is 322 g/mol.